The molecule has 1 aromatic heterocycles. The average molecular weight is 605 g/mol. The molecule has 3 aromatic rings. The number of Topliss-reactive ketones (excluding diaryl/α,β-unsaturated/α-hetero) is 1. The van der Waals surface area contributed by atoms with Crippen LogP contribution in [-0.2, 0) is 22.2 Å². The van der Waals surface area contributed by atoms with Crippen LogP contribution in [0.1, 0.15) is 76.0 Å². The maximum Gasteiger partial charge on any atom is 0.254 e. The van der Waals surface area contributed by atoms with Crippen LogP contribution in [0.15, 0.2) is 47.4 Å². The topological polar surface area (TPSA) is 107 Å². The number of nitrogens with zero attached hydrogens (tertiary/aromatic N) is 1. The van der Waals surface area contributed by atoms with Gasteiger partial charge in [-0.15, -0.1) is 0 Å². The van der Waals surface area contributed by atoms with E-state index in [2.05, 4.69) is 5.32 Å². The van der Waals surface area contributed by atoms with E-state index in [1.807, 2.05) is 13.0 Å². The highest BCUT2D eigenvalue weighted by Gasteiger charge is 2.46. The molecule has 9 heteroatoms. The summed E-state index contributed by atoms with van der Waals surface area (Å²) in [5.74, 6) is 1.09. The largest absolute Gasteiger partial charge is 0.490 e. The molecule has 44 heavy (non-hydrogen) atoms. The number of aliphatic hydroxyl groups is 1. The second-order valence-corrected chi connectivity index (χ2v) is 13.3. The van der Waals surface area contributed by atoms with Gasteiger partial charge in [0.2, 0.25) is 5.91 Å². The third-order valence-electron chi connectivity index (χ3n) is 8.83. The number of aryl methyl sites for hydroxylation is 3. The summed E-state index contributed by atoms with van der Waals surface area (Å²) >= 11 is 0. The van der Waals surface area contributed by atoms with Crippen molar-refractivity contribution in [3.63, 3.8) is 0 Å². The van der Waals surface area contributed by atoms with Crippen LogP contribution in [0.4, 0.5) is 4.39 Å². The summed E-state index contributed by atoms with van der Waals surface area (Å²) in [5, 5.41) is 14.0. The lowest BCUT2D eigenvalue weighted by atomic mass is 9.68. The third-order valence-corrected chi connectivity index (χ3v) is 8.83. The van der Waals surface area contributed by atoms with Gasteiger partial charge in [0, 0.05) is 49.3 Å². The van der Waals surface area contributed by atoms with Gasteiger partial charge in [0.25, 0.3) is 5.56 Å². The van der Waals surface area contributed by atoms with E-state index in [0.717, 1.165) is 0 Å². The van der Waals surface area contributed by atoms with Crippen LogP contribution >= 0.6 is 0 Å². The summed E-state index contributed by atoms with van der Waals surface area (Å²) in [4.78, 5) is 37.0. The molecular formula is C35H41FN2O6. The SMILES string of the molecule is Cc1cc(F)cc(C)c1Oc1ccc(C(C)(C)O)cc1-c1cn(C)c(=O)cc1O[C@H]1CC[C@H](NC(=O)C2(C)CC(=O)C2)CC1. The van der Waals surface area contributed by atoms with Gasteiger partial charge in [-0.3, -0.25) is 14.4 Å². The number of aromatic nitrogens is 1. The van der Waals surface area contributed by atoms with E-state index in [1.165, 1.54) is 22.8 Å². The van der Waals surface area contributed by atoms with E-state index in [-0.39, 0.29) is 35.2 Å². The van der Waals surface area contributed by atoms with Gasteiger partial charge < -0.3 is 24.5 Å². The first-order chi connectivity index (χ1) is 20.6. The van der Waals surface area contributed by atoms with Gasteiger partial charge in [0.05, 0.1) is 17.1 Å². The Kier molecular flexibility index (Phi) is 8.46. The smallest absolute Gasteiger partial charge is 0.254 e. The van der Waals surface area contributed by atoms with Crippen molar-refractivity contribution in [2.45, 2.75) is 90.9 Å². The fourth-order valence-electron chi connectivity index (χ4n) is 6.13. The molecule has 0 spiro atoms. The van der Waals surface area contributed by atoms with Crippen molar-refractivity contribution >= 4 is 11.7 Å². The Bertz CT molecular complexity index is 1630. The minimum atomic E-state index is -1.15. The molecule has 2 aromatic carbocycles. The quantitative estimate of drug-likeness (QED) is 0.327. The fourth-order valence-corrected chi connectivity index (χ4v) is 6.13. The van der Waals surface area contributed by atoms with Crippen LogP contribution in [0, 0.1) is 25.1 Å². The van der Waals surface area contributed by atoms with Crippen LogP contribution in [0.25, 0.3) is 11.1 Å². The molecule has 2 N–H and O–H groups in total. The molecule has 0 unspecified atom stereocenters. The molecule has 2 saturated carbocycles. The Balaban J connectivity index is 1.43. The molecule has 0 saturated heterocycles. The Morgan fingerprint density at radius 2 is 1.64 bits per heavy atom. The number of nitrogens with one attached hydrogen (secondary N) is 1. The van der Waals surface area contributed by atoms with Gasteiger partial charge in [-0.2, -0.15) is 0 Å². The van der Waals surface area contributed by atoms with E-state index in [0.29, 0.717) is 83.6 Å². The van der Waals surface area contributed by atoms with Crippen LogP contribution in [-0.4, -0.2) is 33.5 Å². The molecule has 8 nitrogen and oxygen atoms in total. The van der Waals surface area contributed by atoms with Crippen molar-refractivity contribution in [1.29, 1.82) is 0 Å². The van der Waals surface area contributed by atoms with Crippen LogP contribution < -0.4 is 20.3 Å². The highest BCUT2D eigenvalue weighted by Crippen LogP contribution is 2.42. The number of hydrogen-bond acceptors (Lipinski definition) is 6. The zero-order valence-corrected chi connectivity index (χ0v) is 26.3. The number of hydrogen-bond donors (Lipinski definition) is 2. The predicted octanol–water partition coefficient (Wildman–Crippen LogP) is 6.00. The lowest BCUT2D eigenvalue weighted by Crippen LogP contribution is -2.51. The fraction of sp³-hybridized carbons (Fsp3) is 0.457. The highest BCUT2D eigenvalue weighted by molar-refractivity contribution is 5.99. The highest BCUT2D eigenvalue weighted by atomic mass is 19.1. The second-order valence-electron chi connectivity index (χ2n) is 13.3. The maximum atomic E-state index is 14.0. The minimum Gasteiger partial charge on any atom is -0.490 e. The molecular weight excluding hydrogens is 563 g/mol. The molecule has 1 heterocycles. The number of carbonyl (C=O) groups is 2. The van der Waals surface area contributed by atoms with E-state index < -0.39 is 11.0 Å². The van der Waals surface area contributed by atoms with E-state index in [9.17, 15) is 23.9 Å². The van der Waals surface area contributed by atoms with Crippen molar-refractivity contribution in [2.24, 2.45) is 12.5 Å². The Morgan fingerprint density at radius 3 is 2.23 bits per heavy atom. The number of ketones is 1. The Hall–Kier alpha value is -3.98. The summed E-state index contributed by atoms with van der Waals surface area (Å²) in [6.45, 7) is 8.78. The third kappa shape index (κ3) is 6.58. The first kappa shape index (κ1) is 31.4. The number of halogens is 1. The summed E-state index contributed by atoms with van der Waals surface area (Å²) in [6, 6.07) is 9.68. The molecule has 0 atom stereocenters. The number of ether oxygens (including phenoxy) is 2. The zero-order chi connectivity index (χ0) is 32.0. The molecule has 0 bridgehead atoms. The van der Waals surface area contributed by atoms with Gasteiger partial charge in [-0.1, -0.05) is 6.07 Å². The number of pyridine rings is 1. The lowest BCUT2D eigenvalue weighted by molar-refractivity contribution is -0.146. The Labute approximate surface area is 257 Å². The van der Waals surface area contributed by atoms with Crippen LogP contribution in [0.5, 0.6) is 17.2 Å². The lowest BCUT2D eigenvalue weighted by Gasteiger charge is -2.38. The summed E-state index contributed by atoms with van der Waals surface area (Å²) < 4.78 is 28.4. The normalized spacial score (nSPS) is 19.7. The van der Waals surface area contributed by atoms with Gasteiger partial charge >= 0.3 is 0 Å². The number of amides is 1. The van der Waals surface area contributed by atoms with Crippen LogP contribution in [0.2, 0.25) is 0 Å². The summed E-state index contributed by atoms with van der Waals surface area (Å²) in [6.07, 6.45) is 4.89. The monoisotopic (exact) mass is 604 g/mol. The van der Waals surface area contributed by atoms with Crippen LogP contribution in [0.3, 0.4) is 0 Å². The first-order valence-corrected chi connectivity index (χ1v) is 15.1. The molecule has 5 rings (SSSR count). The number of carbonyl (C=O) groups excluding carboxylic acids is 2. The first-order valence-electron chi connectivity index (χ1n) is 15.1. The van der Waals surface area contributed by atoms with Crippen molar-refractivity contribution in [3.05, 3.63) is 75.5 Å². The van der Waals surface area contributed by atoms with E-state index in [1.54, 1.807) is 53.1 Å². The minimum absolute atomic E-state index is 0.00338. The standard InChI is InChI=1S/C35H41FN2O6/c1-20-13-23(36)14-21(2)32(20)44-29-12-7-22(34(3,4)42)15-27(29)28-19-38(6)31(40)16-30(28)43-26-10-8-24(9-11-26)37-33(41)35(5)17-25(39)18-35/h7,12-16,19,24,26,42H,8-11,17-18H2,1-6H3,(H,37,41)/t24-,26-. The second kappa shape index (κ2) is 11.8. The predicted molar refractivity (Wildman–Crippen MR) is 165 cm³/mol. The average Bonchev–Trinajstić information content (AvgIpc) is 2.92. The molecule has 2 aliphatic carbocycles. The van der Waals surface area contributed by atoms with Crippen molar-refractivity contribution < 1.29 is 28.6 Å². The zero-order valence-electron chi connectivity index (χ0n) is 26.3. The van der Waals surface area contributed by atoms with Crippen molar-refractivity contribution in [1.82, 2.24) is 9.88 Å². The van der Waals surface area contributed by atoms with Crippen molar-refractivity contribution in [3.8, 4) is 28.4 Å². The molecule has 2 fully saturated rings. The maximum absolute atomic E-state index is 14.0. The van der Waals surface area contributed by atoms with Gasteiger partial charge in [-0.05, 0) is 101 Å². The van der Waals surface area contributed by atoms with Gasteiger partial charge in [0.15, 0.2) is 0 Å². The molecule has 0 radical (unpaired) electrons. The summed E-state index contributed by atoms with van der Waals surface area (Å²) in [5.41, 5.74) is 1.16. The number of benzene rings is 2. The van der Waals surface area contributed by atoms with Gasteiger partial charge in [-0.25, -0.2) is 4.39 Å². The Morgan fingerprint density at radius 1 is 1.00 bits per heavy atom. The molecule has 234 valence electrons. The van der Waals surface area contributed by atoms with E-state index in [4.69, 9.17) is 9.47 Å². The number of rotatable bonds is 8. The van der Waals surface area contributed by atoms with Gasteiger partial charge in [0.1, 0.15) is 28.8 Å². The van der Waals surface area contributed by atoms with Crippen molar-refractivity contribution in [2.75, 3.05) is 0 Å². The molecule has 2 aliphatic rings. The molecule has 0 aliphatic heterocycles. The molecule has 1 amide bonds. The van der Waals surface area contributed by atoms with E-state index >= 15 is 0 Å². The summed E-state index contributed by atoms with van der Waals surface area (Å²) in [7, 11) is 1.66.